The van der Waals surface area contributed by atoms with Crippen molar-refractivity contribution in [3.63, 3.8) is 0 Å². The van der Waals surface area contributed by atoms with E-state index in [4.69, 9.17) is 37.4 Å². The number of carbonyl (C=O) groups excluding carboxylic acids is 2. The minimum Gasteiger partial charge on any atom is -0.463 e. The van der Waals surface area contributed by atoms with Crippen LogP contribution in [0.25, 0.3) is 0 Å². The lowest BCUT2D eigenvalue weighted by Gasteiger charge is -2.36. The molecule has 0 bridgehead atoms. The first kappa shape index (κ1) is 32.6. The smallest absolute Gasteiger partial charge is 0.387 e. The summed E-state index contributed by atoms with van der Waals surface area (Å²) in [5.41, 5.74) is 2.30. The van der Waals surface area contributed by atoms with E-state index in [0.29, 0.717) is 34.4 Å². The zero-order valence-corrected chi connectivity index (χ0v) is 25.8. The van der Waals surface area contributed by atoms with E-state index in [9.17, 15) is 18.4 Å². The molecule has 2 aliphatic rings. The fraction of sp³-hybridized carbons (Fsp3) is 0.419. The Morgan fingerprint density at radius 1 is 0.953 bits per heavy atom. The number of nitrogens with zero attached hydrogens (tertiary/aromatic N) is 2. The molecule has 2 aromatic rings. The van der Waals surface area contributed by atoms with Crippen LogP contribution >= 0.6 is 23.2 Å². The van der Waals surface area contributed by atoms with Crippen LogP contribution in [-0.4, -0.2) is 69.4 Å². The zero-order chi connectivity index (χ0) is 31.1. The number of hydrogen-bond acceptors (Lipinski definition) is 8. The van der Waals surface area contributed by atoms with Crippen molar-refractivity contribution in [1.29, 1.82) is 0 Å². The number of hydrogen-bond donors (Lipinski definition) is 1. The Kier molecular flexibility index (Phi) is 11.3. The fourth-order valence-electron chi connectivity index (χ4n) is 5.46. The predicted octanol–water partition coefficient (Wildman–Crippen LogP) is 6.15. The monoisotopic (exact) mass is 637 g/mol. The van der Waals surface area contributed by atoms with Crippen LogP contribution in [-0.2, 0) is 19.1 Å². The molecule has 8 nitrogen and oxygen atoms in total. The molecule has 12 heteroatoms. The number of ether oxygens (including phenoxy) is 3. The summed E-state index contributed by atoms with van der Waals surface area (Å²) in [4.78, 5) is 31.1. The molecule has 1 N–H and O–H groups in total. The molecule has 0 saturated carbocycles. The highest BCUT2D eigenvalue weighted by atomic mass is 35.5. The van der Waals surface area contributed by atoms with E-state index in [1.165, 1.54) is 6.07 Å². The number of rotatable bonds is 11. The molecule has 4 rings (SSSR count). The minimum atomic E-state index is -3.09. The van der Waals surface area contributed by atoms with Crippen molar-refractivity contribution in [3.05, 3.63) is 80.6 Å². The number of para-hydroxylation sites is 1. The number of halogens is 4. The third-order valence-corrected chi connectivity index (χ3v) is 8.23. The molecular formula is C31H35Cl2F2N3O5. The highest BCUT2D eigenvalue weighted by Crippen LogP contribution is 2.43. The average Bonchev–Trinajstić information content (AvgIpc) is 2.97. The summed E-state index contributed by atoms with van der Waals surface area (Å²) in [6, 6.07) is 11.7. The van der Waals surface area contributed by atoms with Gasteiger partial charge in [-0.1, -0.05) is 47.5 Å². The molecular weight excluding hydrogens is 603 g/mol. The second kappa shape index (κ2) is 14.9. The lowest BCUT2D eigenvalue weighted by molar-refractivity contribution is -0.140. The Bertz CT molecular complexity index is 1390. The maximum Gasteiger partial charge on any atom is 0.387 e. The molecule has 0 aliphatic carbocycles. The molecule has 0 radical (unpaired) electrons. The van der Waals surface area contributed by atoms with Gasteiger partial charge in [0, 0.05) is 49.7 Å². The number of alkyl halides is 2. The largest absolute Gasteiger partial charge is 0.463 e. The van der Waals surface area contributed by atoms with Crippen LogP contribution in [0.2, 0.25) is 10.0 Å². The van der Waals surface area contributed by atoms with Gasteiger partial charge >= 0.3 is 18.6 Å². The van der Waals surface area contributed by atoms with E-state index >= 15 is 0 Å². The van der Waals surface area contributed by atoms with Gasteiger partial charge in [0.1, 0.15) is 5.75 Å². The molecule has 1 fully saturated rings. The maximum atomic E-state index is 13.5. The van der Waals surface area contributed by atoms with Gasteiger partial charge in [0.25, 0.3) is 0 Å². The quantitative estimate of drug-likeness (QED) is 0.232. The van der Waals surface area contributed by atoms with Crippen LogP contribution in [0.4, 0.5) is 14.5 Å². The highest BCUT2D eigenvalue weighted by molar-refractivity contribution is 6.43. The van der Waals surface area contributed by atoms with Gasteiger partial charge < -0.3 is 24.4 Å². The van der Waals surface area contributed by atoms with Gasteiger partial charge in [0.15, 0.2) is 0 Å². The third-order valence-electron chi connectivity index (χ3n) is 7.42. The van der Waals surface area contributed by atoms with E-state index in [-0.39, 0.29) is 35.7 Å². The molecule has 0 spiro atoms. The number of carbonyl (C=O) groups is 2. The summed E-state index contributed by atoms with van der Waals surface area (Å²) in [5, 5.41) is 4.13. The van der Waals surface area contributed by atoms with E-state index in [1.54, 1.807) is 45.0 Å². The standard InChI is InChI=1S/C31H35Cl2F2N3O5/c1-4-41-29(39)25-19(2)36-20(3)26(27(25)21-9-5-6-12-24(21)43-31(34)35)30(40)42-18-8-13-37-14-16-38(17-15-37)23-11-7-10-22(32)28(23)33/h5-7,9-12,27,31,36H,4,8,13-18H2,1-3H3. The number of piperazine rings is 1. The van der Waals surface area contributed by atoms with Gasteiger partial charge in [0.2, 0.25) is 0 Å². The normalized spacial score (nSPS) is 17.7. The van der Waals surface area contributed by atoms with Crippen LogP contribution in [0, 0.1) is 0 Å². The Morgan fingerprint density at radius 3 is 2.26 bits per heavy atom. The van der Waals surface area contributed by atoms with Crippen LogP contribution in [0.15, 0.2) is 65.0 Å². The van der Waals surface area contributed by atoms with Gasteiger partial charge in [-0.2, -0.15) is 8.78 Å². The Hall–Kier alpha value is -3.34. The van der Waals surface area contributed by atoms with E-state index in [2.05, 4.69) is 15.1 Å². The average molecular weight is 639 g/mol. The van der Waals surface area contributed by atoms with Gasteiger partial charge in [0.05, 0.1) is 46.0 Å². The van der Waals surface area contributed by atoms with Crippen molar-refractivity contribution in [1.82, 2.24) is 10.2 Å². The van der Waals surface area contributed by atoms with Crippen molar-refractivity contribution >= 4 is 40.8 Å². The molecule has 2 aromatic carbocycles. The molecule has 232 valence electrons. The second-order valence-electron chi connectivity index (χ2n) is 10.2. The van der Waals surface area contributed by atoms with E-state index in [0.717, 1.165) is 31.9 Å². The highest BCUT2D eigenvalue weighted by Gasteiger charge is 2.39. The van der Waals surface area contributed by atoms with Crippen LogP contribution in [0.1, 0.15) is 38.7 Å². The van der Waals surface area contributed by atoms with E-state index < -0.39 is 24.5 Å². The van der Waals surface area contributed by atoms with Crippen molar-refractivity contribution in [2.45, 2.75) is 39.7 Å². The predicted molar refractivity (Wildman–Crippen MR) is 162 cm³/mol. The Morgan fingerprint density at radius 2 is 1.60 bits per heavy atom. The summed E-state index contributed by atoms with van der Waals surface area (Å²) < 4.78 is 42.3. The number of allylic oxidation sites excluding steroid dienone is 2. The first-order chi connectivity index (χ1) is 20.6. The van der Waals surface area contributed by atoms with Crippen LogP contribution in [0.5, 0.6) is 5.75 Å². The van der Waals surface area contributed by atoms with Gasteiger partial charge in [-0.15, -0.1) is 0 Å². The third kappa shape index (κ3) is 7.79. The first-order valence-corrected chi connectivity index (χ1v) is 14.9. The number of anilines is 1. The molecule has 2 heterocycles. The van der Waals surface area contributed by atoms with Gasteiger partial charge in [-0.25, -0.2) is 9.59 Å². The summed E-state index contributed by atoms with van der Waals surface area (Å²) >= 11 is 12.6. The SMILES string of the molecule is CCOC(=O)C1=C(C)NC(C)=C(C(=O)OCCCN2CCN(c3cccc(Cl)c3Cl)CC2)C1c1ccccc1OC(F)F. The Labute approximate surface area is 260 Å². The molecule has 1 unspecified atom stereocenters. The van der Waals surface area contributed by atoms with Gasteiger partial charge in [-0.3, -0.25) is 4.90 Å². The number of nitrogens with one attached hydrogen (secondary N) is 1. The van der Waals surface area contributed by atoms with E-state index in [1.807, 2.05) is 12.1 Å². The van der Waals surface area contributed by atoms with Crippen molar-refractivity contribution in [2.24, 2.45) is 0 Å². The van der Waals surface area contributed by atoms with Crippen molar-refractivity contribution in [3.8, 4) is 5.75 Å². The summed E-state index contributed by atoms with van der Waals surface area (Å²) in [6.07, 6.45) is 0.582. The fourth-order valence-corrected chi connectivity index (χ4v) is 5.87. The van der Waals surface area contributed by atoms with Crippen LogP contribution < -0.4 is 15.0 Å². The lowest BCUT2D eigenvalue weighted by Crippen LogP contribution is -2.46. The summed E-state index contributed by atoms with van der Waals surface area (Å²) in [6.45, 7) is 6.03. The van der Waals surface area contributed by atoms with Crippen molar-refractivity contribution in [2.75, 3.05) is 50.8 Å². The lowest BCUT2D eigenvalue weighted by atomic mass is 9.80. The number of dihydropyridines is 1. The van der Waals surface area contributed by atoms with Crippen molar-refractivity contribution < 1.29 is 32.6 Å². The molecule has 1 saturated heterocycles. The first-order valence-electron chi connectivity index (χ1n) is 14.1. The molecule has 1 atom stereocenters. The Balaban J connectivity index is 1.43. The summed E-state index contributed by atoms with van der Waals surface area (Å²) in [7, 11) is 0. The minimum absolute atomic E-state index is 0.0976. The number of esters is 2. The molecule has 0 amide bonds. The second-order valence-corrected chi connectivity index (χ2v) is 10.9. The molecule has 2 aliphatic heterocycles. The molecule has 0 aromatic heterocycles. The summed E-state index contributed by atoms with van der Waals surface area (Å²) in [5.74, 6) is -2.50. The van der Waals surface area contributed by atoms with Crippen LogP contribution in [0.3, 0.4) is 0 Å². The topological polar surface area (TPSA) is 80.3 Å². The molecule has 43 heavy (non-hydrogen) atoms. The zero-order valence-electron chi connectivity index (χ0n) is 24.3. The van der Waals surface area contributed by atoms with Gasteiger partial charge in [-0.05, 0) is 45.4 Å². The number of benzene rings is 2. The maximum absolute atomic E-state index is 13.5.